The summed E-state index contributed by atoms with van der Waals surface area (Å²) in [6.07, 6.45) is 0.936. The minimum absolute atomic E-state index is 0.204. The van der Waals surface area contributed by atoms with E-state index in [4.69, 9.17) is 4.74 Å². The van der Waals surface area contributed by atoms with Crippen LogP contribution in [-0.4, -0.2) is 29.9 Å². The van der Waals surface area contributed by atoms with Gasteiger partial charge in [0.25, 0.3) is 11.8 Å². The van der Waals surface area contributed by atoms with Gasteiger partial charge in [0.2, 0.25) is 0 Å². The van der Waals surface area contributed by atoms with Crippen LogP contribution in [-0.2, 0) is 15.3 Å². The van der Waals surface area contributed by atoms with Gasteiger partial charge in [0.1, 0.15) is 5.75 Å². The van der Waals surface area contributed by atoms with E-state index < -0.39 is 0 Å². The Labute approximate surface area is 164 Å². The molecule has 0 radical (unpaired) electrons. The van der Waals surface area contributed by atoms with Gasteiger partial charge in [0.15, 0.2) is 0 Å². The van der Waals surface area contributed by atoms with Crippen LogP contribution in [0.25, 0.3) is 5.57 Å². The van der Waals surface area contributed by atoms with E-state index in [2.05, 4.69) is 6.92 Å². The number of hydrogen-bond acceptors (Lipinski definition) is 4. The molecule has 0 fully saturated rings. The van der Waals surface area contributed by atoms with Crippen LogP contribution >= 0.6 is 11.8 Å². The zero-order valence-corrected chi connectivity index (χ0v) is 16.4. The molecule has 2 aromatic rings. The van der Waals surface area contributed by atoms with Gasteiger partial charge in [-0.25, -0.2) is 0 Å². The van der Waals surface area contributed by atoms with E-state index >= 15 is 0 Å². The smallest absolute Gasteiger partial charge is 0.267 e. The molecule has 3 rings (SSSR count). The minimum Gasteiger partial charge on any atom is -0.494 e. The number of imide groups is 1. The van der Waals surface area contributed by atoms with E-state index in [-0.39, 0.29) is 11.8 Å². The molecule has 2 aromatic carbocycles. The minimum atomic E-state index is -0.222. The van der Waals surface area contributed by atoms with Crippen molar-refractivity contribution in [3.8, 4) is 5.75 Å². The number of rotatable bonds is 8. The highest BCUT2D eigenvalue weighted by atomic mass is 32.2. The van der Waals surface area contributed by atoms with Gasteiger partial charge in [-0.05, 0) is 36.6 Å². The lowest BCUT2D eigenvalue weighted by Gasteiger charge is -2.11. The van der Waals surface area contributed by atoms with Gasteiger partial charge >= 0.3 is 0 Å². The first-order chi connectivity index (χ1) is 13.2. The Kier molecular flexibility index (Phi) is 6.35. The van der Waals surface area contributed by atoms with Crippen LogP contribution in [0.3, 0.4) is 0 Å². The summed E-state index contributed by atoms with van der Waals surface area (Å²) in [7, 11) is 0. The zero-order chi connectivity index (χ0) is 19.2. The molecule has 4 nitrogen and oxygen atoms in total. The van der Waals surface area contributed by atoms with Gasteiger partial charge in [-0.3, -0.25) is 14.5 Å². The lowest BCUT2D eigenvalue weighted by Crippen LogP contribution is -2.31. The van der Waals surface area contributed by atoms with Crippen molar-refractivity contribution in [1.82, 2.24) is 4.90 Å². The summed E-state index contributed by atoms with van der Waals surface area (Å²) in [4.78, 5) is 27.4. The van der Waals surface area contributed by atoms with Gasteiger partial charge < -0.3 is 4.74 Å². The van der Waals surface area contributed by atoms with Crippen LogP contribution < -0.4 is 4.74 Å². The van der Waals surface area contributed by atoms with E-state index in [1.54, 1.807) is 0 Å². The van der Waals surface area contributed by atoms with E-state index in [1.165, 1.54) is 16.7 Å². The number of nitrogens with zero attached hydrogens (tertiary/aromatic N) is 1. The highest BCUT2D eigenvalue weighted by Crippen LogP contribution is 2.37. The Morgan fingerprint density at radius 2 is 1.63 bits per heavy atom. The molecule has 0 saturated carbocycles. The van der Waals surface area contributed by atoms with Gasteiger partial charge in [0.05, 0.1) is 17.1 Å². The summed E-state index contributed by atoms with van der Waals surface area (Å²) in [5.74, 6) is 0.988. The lowest BCUT2D eigenvalue weighted by molar-refractivity contribution is -0.136. The number of carbonyl (C=O) groups excluding carboxylic acids is 2. The van der Waals surface area contributed by atoms with Crippen molar-refractivity contribution in [2.24, 2.45) is 0 Å². The molecule has 0 spiro atoms. The van der Waals surface area contributed by atoms with Crippen molar-refractivity contribution >= 4 is 29.1 Å². The highest BCUT2D eigenvalue weighted by molar-refractivity contribution is 8.03. The van der Waals surface area contributed by atoms with Gasteiger partial charge in [-0.2, -0.15) is 0 Å². The molecule has 0 bridgehead atoms. The standard InChI is InChI=1S/C22H23NO3S/c1-3-14-26-18-12-10-17(11-13-18)19-20(22(25)23(4-2)21(19)24)27-15-16-8-6-5-7-9-16/h5-13H,3-4,14-15H2,1-2H3. The second-order valence-electron chi connectivity index (χ2n) is 6.21. The molecule has 0 N–H and O–H groups in total. The first-order valence-corrected chi connectivity index (χ1v) is 10.1. The molecule has 0 aliphatic carbocycles. The molecule has 0 atom stereocenters. The number of amides is 2. The Bertz CT molecular complexity index is 844. The first kappa shape index (κ1) is 19.2. The fourth-order valence-corrected chi connectivity index (χ4v) is 3.98. The van der Waals surface area contributed by atoms with Crippen LogP contribution in [0.4, 0.5) is 0 Å². The molecule has 1 aliphatic heterocycles. The molecule has 1 heterocycles. The van der Waals surface area contributed by atoms with E-state index in [1.807, 2.05) is 61.5 Å². The molecule has 0 unspecified atom stereocenters. The molecular formula is C22H23NO3S. The monoisotopic (exact) mass is 381 g/mol. The Morgan fingerprint density at radius 1 is 0.926 bits per heavy atom. The molecule has 2 amide bonds. The number of benzene rings is 2. The molecule has 1 aliphatic rings. The van der Waals surface area contributed by atoms with Crippen molar-refractivity contribution in [1.29, 1.82) is 0 Å². The lowest BCUT2D eigenvalue weighted by atomic mass is 10.1. The summed E-state index contributed by atoms with van der Waals surface area (Å²) in [5, 5.41) is 0. The Balaban J connectivity index is 1.89. The molecule has 140 valence electrons. The third-order valence-electron chi connectivity index (χ3n) is 4.28. The Hall–Kier alpha value is -2.53. The molecule has 0 aromatic heterocycles. The SMILES string of the molecule is CCCOc1ccc(C2=C(SCc3ccccc3)C(=O)N(CC)C2=O)cc1. The fraction of sp³-hybridized carbons (Fsp3) is 0.273. The van der Waals surface area contributed by atoms with Crippen molar-refractivity contribution in [3.05, 3.63) is 70.6 Å². The number of likely N-dealkylation sites (N-methyl/N-ethyl adjacent to an activating group) is 1. The number of carbonyl (C=O) groups is 2. The highest BCUT2D eigenvalue weighted by Gasteiger charge is 2.38. The van der Waals surface area contributed by atoms with Crippen molar-refractivity contribution in [2.45, 2.75) is 26.0 Å². The zero-order valence-electron chi connectivity index (χ0n) is 15.6. The van der Waals surface area contributed by atoms with Gasteiger partial charge in [-0.15, -0.1) is 11.8 Å². The van der Waals surface area contributed by atoms with Gasteiger partial charge in [-0.1, -0.05) is 49.4 Å². The fourth-order valence-electron chi connectivity index (χ4n) is 2.90. The summed E-state index contributed by atoms with van der Waals surface area (Å²) in [5.41, 5.74) is 2.36. The number of hydrogen-bond donors (Lipinski definition) is 0. The van der Waals surface area contributed by atoms with Crippen LogP contribution in [0.15, 0.2) is 59.5 Å². The molecule has 0 saturated heterocycles. The van der Waals surface area contributed by atoms with Crippen LogP contribution in [0.5, 0.6) is 5.75 Å². The predicted octanol–water partition coefficient (Wildman–Crippen LogP) is 4.51. The number of thioether (sulfide) groups is 1. The van der Waals surface area contributed by atoms with E-state index in [0.717, 1.165) is 23.3 Å². The third kappa shape index (κ3) is 4.25. The molecular weight excluding hydrogens is 358 g/mol. The quantitative estimate of drug-likeness (QED) is 0.631. The third-order valence-corrected chi connectivity index (χ3v) is 5.43. The largest absolute Gasteiger partial charge is 0.494 e. The Morgan fingerprint density at radius 3 is 2.26 bits per heavy atom. The summed E-state index contributed by atoms with van der Waals surface area (Å²) < 4.78 is 5.61. The van der Waals surface area contributed by atoms with Gasteiger partial charge in [0, 0.05) is 12.3 Å². The maximum atomic E-state index is 12.8. The van der Waals surface area contributed by atoms with Crippen molar-refractivity contribution in [2.75, 3.05) is 13.2 Å². The van der Waals surface area contributed by atoms with Crippen LogP contribution in [0.2, 0.25) is 0 Å². The maximum Gasteiger partial charge on any atom is 0.267 e. The second kappa shape index (κ2) is 8.91. The normalized spacial score (nSPS) is 14.2. The van der Waals surface area contributed by atoms with Crippen LogP contribution in [0, 0.1) is 0 Å². The average molecular weight is 381 g/mol. The van der Waals surface area contributed by atoms with Crippen molar-refractivity contribution < 1.29 is 14.3 Å². The topological polar surface area (TPSA) is 46.6 Å². The maximum absolute atomic E-state index is 12.8. The first-order valence-electron chi connectivity index (χ1n) is 9.16. The second-order valence-corrected chi connectivity index (χ2v) is 7.19. The summed E-state index contributed by atoms with van der Waals surface area (Å²) in [6.45, 7) is 4.90. The molecule has 5 heteroatoms. The summed E-state index contributed by atoms with van der Waals surface area (Å²) in [6, 6.07) is 17.4. The van der Waals surface area contributed by atoms with E-state index in [9.17, 15) is 9.59 Å². The van der Waals surface area contributed by atoms with E-state index in [0.29, 0.717) is 29.4 Å². The summed E-state index contributed by atoms with van der Waals surface area (Å²) >= 11 is 1.43. The van der Waals surface area contributed by atoms with Crippen molar-refractivity contribution in [3.63, 3.8) is 0 Å². The number of ether oxygens (including phenoxy) is 1. The predicted molar refractivity (Wildman–Crippen MR) is 109 cm³/mol. The van der Waals surface area contributed by atoms with Crippen LogP contribution in [0.1, 0.15) is 31.4 Å². The average Bonchev–Trinajstić information content (AvgIpc) is 2.95. The molecule has 27 heavy (non-hydrogen) atoms.